The molecule has 1 unspecified atom stereocenters. The maximum absolute atomic E-state index is 11.9. The molecule has 2 aromatic rings. The lowest BCUT2D eigenvalue weighted by Crippen LogP contribution is -2.42. The minimum Gasteiger partial charge on any atom is -0.496 e. The van der Waals surface area contributed by atoms with Gasteiger partial charge in [0.15, 0.2) is 12.2 Å². The number of nitrogens with zero attached hydrogens (tertiary/aromatic N) is 1. The van der Waals surface area contributed by atoms with Crippen LogP contribution in [0.25, 0.3) is 11.3 Å². The summed E-state index contributed by atoms with van der Waals surface area (Å²) in [7, 11) is 3.02. The van der Waals surface area contributed by atoms with Gasteiger partial charge in [0.2, 0.25) is 0 Å². The van der Waals surface area contributed by atoms with Crippen molar-refractivity contribution in [1.29, 1.82) is 0 Å². The molecule has 24 heavy (non-hydrogen) atoms. The Morgan fingerprint density at radius 2 is 2.08 bits per heavy atom. The summed E-state index contributed by atoms with van der Waals surface area (Å²) in [6, 6.07) is 4.68. The predicted molar refractivity (Wildman–Crippen MR) is 86.6 cm³/mol. The van der Waals surface area contributed by atoms with Crippen LogP contribution in [0.1, 0.15) is 6.92 Å². The number of nitrogens with one attached hydrogen (secondary N) is 2. The average molecular weight is 333 g/mol. The fourth-order valence-electron chi connectivity index (χ4n) is 2.09. The van der Waals surface area contributed by atoms with Gasteiger partial charge in [0, 0.05) is 24.9 Å². The van der Waals surface area contributed by atoms with Gasteiger partial charge in [-0.1, -0.05) is 0 Å². The summed E-state index contributed by atoms with van der Waals surface area (Å²) in [4.78, 5) is 27.6. The van der Waals surface area contributed by atoms with Crippen LogP contribution in [0.3, 0.4) is 0 Å². The number of hydrogen-bond acceptors (Lipinski definition) is 6. The van der Waals surface area contributed by atoms with Gasteiger partial charge in [-0.15, -0.1) is 0 Å². The zero-order chi connectivity index (χ0) is 17.5. The summed E-state index contributed by atoms with van der Waals surface area (Å²) in [5.41, 5.74) is 1.11. The first kappa shape index (κ1) is 17.5. The van der Waals surface area contributed by atoms with Crippen LogP contribution in [-0.4, -0.2) is 43.7 Å². The molecule has 0 aliphatic rings. The molecule has 0 saturated carbocycles. The minimum atomic E-state index is -0.771. The molecule has 0 saturated heterocycles. The molecule has 2 amide bonds. The molecule has 8 heteroatoms. The van der Waals surface area contributed by atoms with Crippen LogP contribution in [-0.2, 0) is 14.3 Å². The molecule has 8 nitrogen and oxygen atoms in total. The van der Waals surface area contributed by atoms with E-state index in [9.17, 15) is 9.59 Å². The van der Waals surface area contributed by atoms with E-state index in [2.05, 4.69) is 15.6 Å². The maximum Gasteiger partial charge on any atom is 0.313 e. The van der Waals surface area contributed by atoms with Crippen molar-refractivity contribution in [1.82, 2.24) is 10.3 Å². The van der Waals surface area contributed by atoms with Crippen molar-refractivity contribution in [3.05, 3.63) is 30.8 Å². The molecule has 1 heterocycles. The third-order valence-electron chi connectivity index (χ3n) is 3.16. The third kappa shape index (κ3) is 4.32. The molecule has 1 aromatic carbocycles. The van der Waals surface area contributed by atoms with E-state index in [0.717, 1.165) is 0 Å². The van der Waals surface area contributed by atoms with Crippen molar-refractivity contribution < 1.29 is 23.5 Å². The second-order valence-corrected chi connectivity index (χ2v) is 5.06. The zero-order valence-electron chi connectivity index (χ0n) is 13.7. The second-order valence-electron chi connectivity index (χ2n) is 5.06. The van der Waals surface area contributed by atoms with E-state index in [-0.39, 0.29) is 6.04 Å². The predicted octanol–water partition coefficient (Wildman–Crippen LogP) is 1.44. The molecular weight excluding hydrogens is 314 g/mol. The minimum absolute atomic E-state index is 0.267. The van der Waals surface area contributed by atoms with Gasteiger partial charge in [-0.3, -0.25) is 9.59 Å². The lowest BCUT2D eigenvalue weighted by atomic mass is 10.1. The monoisotopic (exact) mass is 333 g/mol. The Morgan fingerprint density at radius 3 is 2.71 bits per heavy atom. The number of ether oxygens (including phenoxy) is 2. The molecule has 0 bridgehead atoms. The lowest BCUT2D eigenvalue weighted by Gasteiger charge is -2.13. The van der Waals surface area contributed by atoms with E-state index in [1.165, 1.54) is 20.6 Å². The average Bonchev–Trinajstić information content (AvgIpc) is 3.09. The van der Waals surface area contributed by atoms with Gasteiger partial charge in [-0.05, 0) is 19.1 Å². The van der Waals surface area contributed by atoms with Gasteiger partial charge >= 0.3 is 11.8 Å². The highest BCUT2D eigenvalue weighted by Crippen LogP contribution is 2.32. The Labute approximate surface area is 139 Å². The van der Waals surface area contributed by atoms with Crippen molar-refractivity contribution in [2.45, 2.75) is 13.0 Å². The Balaban J connectivity index is 2.07. The maximum atomic E-state index is 11.9. The third-order valence-corrected chi connectivity index (χ3v) is 3.16. The SMILES string of the molecule is COCC(C)NC(=O)C(=O)Nc1ccc(-c2cnco2)c(OC)c1. The number of oxazole rings is 1. The summed E-state index contributed by atoms with van der Waals surface area (Å²) in [5, 5.41) is 5.05. The smallest absolute Gasteiger partial charge is 0.313 e. The van der Waals surface area contributed by atoms with Crippen LogP contribution in [0, 0.1) is 0 Å². The topological polar surface area (TPSA) is 103 Å². The number of anilines is 1. The summed E-state index contributed by atoms with van der Waals surface area (Å²) < 4.78 is 15.4. The molecule has 2 N–H and O–H groups in total. The Hall–Kier alpha value is -2.87. The molecule has 1 aromatic heterocycles. The summed E-state index contributed by atoms with van der Waals surface area (Å²) in [6.07, 6.45) is 2.87. The molecular formula is C16H19N3O5. The highest BCUT2D eigenvalue weighted by Gasteiger charge is 2.17. The van der Waals surface area contributed by atoms with Crippen LogP contribution < -0.4 is 15.4 Å². The number of carbonyl (C=O) groups is 2. The van der Waals surface area contributed by atoms with Gasteiger partial charge in [-0.25, -0.2) is 4.98 Å². The Morgan fingerprint density at radius 1 is 1.29 bits per heavy atom. The summed E-state index contributed by atoms with van der Waals surface area (Å²) in [6.45, 7) is 2.06. The van der Waals surface area contributed by atoms with Gasteiger partial charge in [0.1, 0.15) is 5.75 Å². The van der Waals surface area contributed by atoms with Crippen molar-refractivity contribution >= 4 is 17.5 Å². The van der Waals surface area contributed by atoms with E-state index in [4.69, 9.17) is 13.9 Å². The van der Waals surface area contributed by atoms with Gasteiger partial charge < -0.3 is 24.5 Å². The zero-order valence-corrected chi connectivity index (χ0v) is 13.7. The van der Waals surface area contributed by atoms with Crippen LogP contribution in [0.15, 0.2) is 35.2 Å². The lowest BCUT2D eigenvalue weighted by molar-refractivity contribution is -0.136. The standard InChI is InChI=1S/C16H19N3O5/c1-10(8-22-2)18-15(20)16(21)19-11-4-5-12(13(6-11)23-3)14-7-17-9-24-14/h4-7,9-10H,8H2,1-3H3,(H,18,20)(H,19,21). The Bertz CT molecular complexity index is 700. The van der Waals surface area contributed by atoms with Gasteiger partial charge in [-0.2, -0.15) is 0 Å². The first-order valence-corrected chi connectivity index (χ1v) is 7.22. The fraction of sp³-hybridized carbons (Fsp3) is 0.312. The highest BCUT2D eigenvalue weighted by molar-refractivity contribution is 6.39. The van der Waals surface area contributed by atoms with E-state index in [0.29, 0.717) is 29.4 Å². The van der Waals surface area contributed by atoms with Crippen LogP contribution in [0.2, 0.25) is 0 Å². The highest BCUT2D eigenvalue weighted by atomic mass is 16.5. The number of hydrogen-bond donors (Lipinski definition) is 2. The Kier molecular flexibility index (Phi) is 5.91. The molecule has 0 fully saturated rings. The van der Waals surface area contributed by atoms with E-state index >= 15 is 0 Å². The normalized spacial score (nSPS) is 11.6. The number of carbonyl (C=O) groups excluding carboxylic acids is 2. The molecule has 2 rings (SSSR count). The van der Waals surface area contributed by atoms with Crippen molar-refractivity contribution in [2.75, 3.05) is 26.1 Å². The van der Waals surface area contributed by atoms with Gasteiger partial charge in [0.25, 0.3) is 0 Å². The molecule has 0 aliphatic carbocycles. The molecule has 0 aliphatic heterocycles. The number of amides is 2. The summed E-state index contributed by atoms with van der Waals surface area (Å²) in [5.74, 6) is -0.487. The van der Waals surface area contributed by atoms with Crippen LogP contribution in [0.5, 0.6) is 5.75 Å². The number of rotatable bonds is 6. The van der Waals surface area contributed by atoms with Gasteiger partial charge in [0.05, 0.1) is 25.5 Å². The fourth-order valence-corrected chi connectivity index (χ4v) is 2.09. The van der Waals surface area contributed by atoms with E-state index in [1.54, 1.807) is 31.3 Å². The summed E-state index contributed by atoms with van der Waals surface area (Å²) >= 11 is 0. The molecule has 0 spiro atoms. The quantitative estimate of drug-likeness (QED) is 0.776. The van der Waals surface area contributed by atoms with E-state index in [1.807, 2.05) is 0 Å². The number of methoxy groups -OCH3 is 2. The molecule has 128 valence electrons. The van der Waals surface area contributed by atoms with Crippen LogP contribution >= 0.6 is 0 Å². The first-order chi connectivity index (χ1) is 11.5. The second kappa shape index (κ2) is 8.11. The van der Waals surface area contributed by atoms with Crippen molar-refractivity contribution in [3.8, 4) is 17.1 Å². The largest absolute Gasteiger partial charge is 0.496 e. The van der Waals surface area contributed by atoms with Crippen molar-refractivity contribution in [2.24, 2.45) is 0 Å². The van der Waals surface area contributed by atoms with E-state index < -0.39 is 11.8 Å². The van der Waals surface area contributed by atoms with Crippen LogP contribution in [0.4, 0.5) is 5.69 Å². The number of aromatic nitrogens is 1. The van der Waals surface area contributed by atoms with Crippen molar-refractivity contribution in [3.63, 3.8) is 0 Å². The molecule has 1 atom stereocenters. The number of benzene rings is 1. The first-order valence-electron chi connectivity index (χ1n) is 7.22. The molecule has 0 radical (unpaired) electrons.